The Balaban J connectivity index is 2.30. The lowest BCUT2D eigenvalue weighted by molar-refractivity contribution is -0.144. The summed E-state index contributed by atoms with van der Waals surface area (Å²) in [6, 6.07) is 3.38. The number of nitrogens with zero attached hydrogens (tertiary/aromatic N) is 2. The van der Waals surface area contributed by atoms with E-state index in [9.17, 15) is 17.6 Å². The Morgan fingerprint density at radius 2 is 2.00 bits per heavy atom. The maximum Gasteiger partial charge on any atom is 0.451 e. The van der Waals surface area contributed by atoms with E-state index in [0.29, 0.717) is 26.2 Å². The summed E-state index contributed by atoms with van der Waals surface area (Å²) in [6.07, 6.45) is -4.07. The van der Waals surface area contributed by atoms with Crippen molar-refractivity contribution in [2.24, 2.45) is 0 Å². The summed E-state index contributed by atoms with van der Waals surface area (Å²) >= 11 is 0. The Bertz CT molecular complexity index is 646. The van der Waals surface area contributed by atoms with Crippen LogP contribution in [0.25, 0.3) is 10.9 Å². The van der Waals surface area contributed by atoms with Crippen LogP contribution in [0.3, 0.4) is 0 Å². The zero-order valence-electron chi connectivity index (χ0n) is 11.9. The van der Waals surface area contributed by atoms with Crippen molar-refractivity contribution in [1.29, 1.82) is 0 Å². The molecule has 0 saturated heterocycles. The molecule has 0 aliphatic heterocycles. The molecular formula is C14H15F4N3O. The molecule has 4 nitrogen and oxygen atoms in total. The molecule has 0 unspecified atom stereocenters. The first kappa shape index (κ1) is 16.4. The van der Waals surface area contributed by atoms with E-state index in [1.807, 2.05) is 6.92 Å². The summed E-state index contributed by atoms with van der Waals surface area (Å²) in [6.45, 7) is 3.26. The second-order valence-electron chi connectivity index (χ2n) is 4.53. The largest absolute Gasteiger partial charge is 0.451 e. The van der Waals surface area contributed by atoms with Crippen LogP contribution in [0.2, 0.25) is 0 Å². The summed E-state index contributed by atoms with van der Waals surface area (Å²) in [5.41, 5.74) is 0.0380. The van der Waals surface area contributed by atoms with Crippen LogP contribution in [0, 0.1) is 5.82 Å². The van der Waals surface area contributed by atoms with Crippen molar-refractivity contribution in [1.82, 2.24) is 9.97 Å². The molecule has 0 fully saturated rings. The Labute approximate surface area is 124 Å². The highest BCUT2D eigenvalue weighted by atomic mass is 19.4. The third kappa shape index (κ3) is 4.03. The molecule has 0 aliphatic rings. The fourth-order valence-corrected chi connectivity index (χ4v) is 1.89. The molecule has 0 bridgehead atoms. The first-order valence-corrected chi connectivity index (χ1v) is 6.78. The molecule has 1 aromatic heterocycles. The maximum absolute atomic E-state index is 13.3. The monoisotopic (exact) mass is 317 g/mol. The van der Waals surface area contributed by atoms with E-state index in [1.54, 1.807) is 0 Å². The standard InChI is InChI=1S/C14H15F4N3O/c1-2-22-7-3-6-19-12-10-8-9(15)4-5-11(10)20-13(21-12)14(16,17)18/h4-5,8H,2-3,6-7H2,1H3,(H,19,20,21). The highest BCUT2D eigenvalue weighted by Crippen LogP contribution is 2.30. The molecule has 0 atom stereocenters. The van der Waals surface area contributed by atoms with E-state index in [0.717, 1.165) is 12.1 Å². The third-order valence-corrected chi connectivity index (χ3v) is 2.87. The zero-order valence-corrected chi connectivity index (χ0v) is 11.9. The van der Waals surface area contributed by atoms with Crippen molar-refractivity contribution in [3.63, 3.8) is 0 Å². The topological polar surface area (TPSA) is 47.0 Å². The quantitative estimate of drug-likeness (QED) is 0.653. The van der Waals surface area contributed by atoms with Crippen LogP contribution >= 0.6 is 0 Å². The first-order chi connectivity index (χ1) is 10.4. The number of hydrogen-bond acceptors (Lipinski definition) is 4. The van der Waals surface area contributed by atoms with E-state index in [4.69, 9.17) is 4.74 Å². The van der Waals surface area contributed by atoms with E-state index in [-0.39, 0.29) is 16.7 Å². The van der Waals surface area contributed by atoms with Gasteiger partial charge in [0.05, 0.1) is 5.52 Å². The van der Waals surface area contributed by atoms with Gasteiger partial charge in [0.15, 0.2) is 0 Å². The minimum absolute atomic E-state index is 0.0340. The number of fused-ring (bicyclic) bond motifs is 1. The number of alkyl halides is 3. The summed E-state index contributed by atoms with van der Waals surface area (Å²) < 4.78 is 56.9. The Morgan fingerprint density at radius 3 is 2.68 bits per heavy atom. The lowest BCUT2D eigenvalue weighted by Crippen LogP contribution is -2.14. The molecule has 120 valence electrons. The van der Waals surface area contributed by atoms with Crippen LogP contribution < -0.4 is 5.32 Å². The van der Waals surface area contributed by atoms with Crippen LogP contribution in [0.4, 0.5) is 23.4 Å². The second kappa shape index (κ2) is 6.87. The summed E-state index contributed by atoms with van der Waals surface area (Å²) in [7, 11) is 0. The fourth-order valence-electron chi connectivity index (χ4n) is 1.89. The molecule has 0 aliphatic carbocycles. The number of rotatable bonds is 6. The average molecular weight is 317 g/mol. The number of nitrogens with one attached hydrogen (secondary N) is 1. The molecule has 1 N–H and O–H groups in total. The van der Waals surface area contributed by atoms with E-state index in [1.165, 1.54) is 6.07 Å². The lowest BCUT2D eigenvalue weighted by Gasteiger charge is -2.12. The van der Waals surface area contributed by atoms with Gasteiger partial charge in [-0.2, -0.15) is 13.2 Å². The van der Waals surface area contributed by atoms with Crippen molar-refractivity contribution in [3.8, 4) is 0 Å². The number of benzene rings is 1. The first-order valence-electron chi connectivity index (χ1n) is 6.78. The van der Waals surface area contributed by atoms with Gasteiger partial charge in [0.2, 0.25) is 5.82 Å². The van der Waals surface area contributed by atoms with Crippen molar-refractivity contribution < 1.29 is 22.3 Å². The van der Waals surface area contributed by atoms with Crippen LogP contribution in [-0.4, -0.2) is 29.7 Å². The van der Waals surface area contributed by atoms with Crippen LogP contribution in [0.5, 0.6) is 0 Å². The van der Waals surface area contributed by atoms with Gasteiger partial charge in [-0.05, 0) is 31.5 Å². The highest BCUT2D eigenvalue weighted by Gasteiger charge is 2.35. The molecule has 0 saturated carbocycles. The summed E-state index contributed by atoms with van der Waals surface area (Å²) in [5, 5.41) is 3.00. The summed E-state index contributed by atoms with van der Waals surface area (Å²) in [4.78, 5) is 6.91. The molecule has 2 rings (SSSR count). The zero-order chi connectivity index (χ0) is 16.2. The second-order valence-corrected chi connectivity index (χ2v) is 4.53. The lowest BCUT2D eigenvalue weighted by atomic mass is 10.2. The minimum Gasteiger partial charge on any atom is -0.382 e. The maximum atomic E-state index is 13.3. The van der Waals surface area contributed by atoms with Crippen molar-refractivity contribution >= 4 is 16.7 Å². The van der Waals surface area contributed by atoms with Gasteiger partial charge >= 0.3 is 6.18 Å². The Kier molecular flexibility index (Phi) is 5.12. The number of anilines is 1. The molecule has 0 amide bonds. The van der Waals surface area contributed by atoms with E-state index >= 15 is 0 Å². The molecular weight excluding hydrogens is 302 g/mol. The minimum atomic E-state index is -4.66. The van der Waals surface area contributed by atoms with Crippen LogP contribution in [-0.2, 0) is 10.9 Å². The van der Waals surface area contributed by atoms with Gasteiger partial charge in [-0.25, -0.2) is 14.4 Å². The van der Waals surface area contributed by atoms with Gasteiger partial charge in [-0.1, -0.05) is 0 Å². The average Bonchev–Trinajstić information content (AvgIpc) is 2.46. The van der Waals surface area contributed by atoms with Gasteiger partial charge in [0.1, 0.15) is 11.6 Å². The Morgan fingerprint density at radius 1 is 1.23 bits per heavy atom. The normalized spacial score (nSPS) is 11.9. The van der Waals surface area contributed by atoms with Crippen molar-refractivity contribution in [2.45, 2.75) is 19.5 Å². The smallest absolute Gasteiger partial charge is 0.382 e. The molecule has 2 aromatic rings. The number of hydrogen-bond donors (Lipinski definition) is 1. The molecule has 0 spiro atoms. The molecule has 8 heteroatoms. The van der Waals surface area contributed by atoms with Crippen LogP contribution in [0.15, 0.2) is 18.2 Å². The summed E-state index contributed by atoms with van der Waals surface area (Å²) in [5.74, 6) is -1.85. The SMILES string of the molecule is CCOCCCNc1nc(C(F)(F)F)nc2ccc(F)cc12. The molecule has 1 aromatic carbocycles. The van der Waals surface area contributed by atoms with Crippen LogP contribution in [0.1, 0.15) is 19.2 Å². The van der Waals surface area contributed by atoms with E-state index < -0.39 is 17.8 Å². The van der Waals surface area contributed by atoms with Crippen molar-refractivity contribution in [3.05, 3.63) is 29.8 Å². The molecule has 22 heavy (non-hydrogen) atoms. The van der Waals surface area contributed by atoms with Gasteiger partial charge in [0.25, 0.3) is 0 Å². The Hall–Kier alpha value is -1.96. The molecule has 0 radical (unpaired) electrons. The third-order valence-electron chi connectivity index (χ3n) is 2.87. The predicted octanol–water partition coefficient (Wildman–Crippen LogP) is 3.63. The van der Waals surface area contributed by atoms with Crippen molar-refractivity contribution in [2.75, 3.05) is 25.1 Å². The number of ether oxygens (including phenoxy) is 1. The van der Waals surface area contributed by atoms with E-state index in [2.05, 4.69) is 15.3 Å². The number of halogens is 4. The van der Waals surface area contributed by atoms with Gasteiger partial charge in [-0.15, -0.1) is 0 Å². The van der Waals surface area contributed by atoms with Gasteiger partial charge < -0.3 is 10.1 Å². The molecule has 1 heterocycles. The highest BCUT2D eigenvalue weighted by molar-refractivity contribution is 5.89. The van der Waals surface area contributed by atoms with Gasteiger partial charge in [0, 0.05) is 25.1 Å². The van der Waals surface area contributed by atoms with Gasteiger partial charge in [-0.3, -0.25) is 0 Å². The fraction of sp³-hybridized carbons (Fsp3) is 0.429. The predicted molar refractivity (Wildman–Crippen MR) is 74.1 cm³/mol. The number of aromatic nitrogens is 2.